The van der Waals surface area contributed by atoms with Crippen molar-refractivity contribution in [3.63, 3.8) is 0 Å². The van der Waals surface area contributed by atoms with Crippen molar-refractivity contribution < 1.29 is 0 Å². The molecule has 0 saturated heterocycles. The van der Waals surface area contributed by atoms with E-state index in [2.05, 4.69) is 21.9 Å². The molecule has 0 aromatic carbocycles. The minimum absolute atomic E-state index is 0.176. The lowest BCUT2D eigenvalue weighted by Crippen LogP contribution is -2.22. The molecule has 4 nitrogen and oxygen atoms in total. The number of nitrogens with two attached hydrogens (primary N) is 1. The van der Waals surface area contributed by atoms with Gasteiger partial charge in [0.1, 0.15) is 10.8 Å². The summed E-state index contributed by atoms with van der Waals surface area (Å²) in [6, 6.07) is 2.11. The third kappa shape index (κ3) is 3.58. The average molecular weight is 262 g/mol. The minimum atomic E-state index is 0.176. The first kappa shape index (κ1) is 13.1. The van der Waals surface area contributed by atoms with Crippen molar-refractivity contribution >= 4 is 11.3 Å². The van der Waals surface area contributed by atoms with Gasteiger partial charge in [-0.05, 0) is 19.4 Å². The molecule has 2 heterocycles. The van der Waals surface area contributed by atoms with Gasteiger partial charge in [0, 0.05) is 35.4 Å². The summed E-state index contributed by atoms with van der Waals surface area (Å²) >= 11 is 1.65. The van der Waals surface area contributed by atoms with Crippen LogP contribution >= 0.6 is 11.3 Å². The molecule has 2 aromatic heterocycles. The Balaban J connectivity index is 2.07. The number of rotatable bonds is 5. The monoisotopic (exact) mass is 262 g/mol. The van der Waals surface area contributed by atoms with Gasteiger partial charge in [0.2, 0.25) is 0 Å². The molecule has 0 aliphatic heterocycles. The van der Waals surface area contributed by atoms with Crippen LogP contribution in [-0.4, -0.2) is 21.0 Å². The molecule has 96 valence electrons. The quantitative estimate of drug-likeness (QED) is 0.896. The first-order chi connectivity index (χ1) is 8.67. The van der Waals surface area contributed by atoms with Gasteiger partial charge in [0.25, 0.3) is 0 Å². The lowest BCUT2D eigenvalue weighted by molar-refractivity contribution is 0.633. The zero-order valence-corrected chi connectivity index (χ0v) is 11.6. The van der Waals surface area contributed by atoms with Crippen LogP contribution in [0.4, 0.5) is 0 Å². The minimum Gasteiger partial charge on any atom is -0.327 e. The Bertz CT molecular complexity index is 509. The largest absolute Gasteiger partial charge is 0.327 e. The summed E-state index contributed by atoms with van der Waals surface area (Å²) in [5.41, 5.74) is 8.01. The topological polar surface area (TPSA) is 64.7 Å². The van der Waals surface area contributed by atoms with Crippen LogP contribution in [0.15, 0.2) is 17.6 Å². The van der Waals surface area contributed by atoms with E-state index in [9.17, 15) is 0 Å². The van der Waals surface area contributed by atoms with Crippen LogP contribution in [0.1, 0.15) is 35.6 Å². The van der Waals surface area contributed by atoms with Crippen LogP contribution in [0.2, 0.25) is 0 Å². The molecule has 18 heavy (non-hydrogen) atoms. The summed E-state index contributed by atoms with van der Waals surface area (Å²) in [5, 5.41) is 3.11. The van der Waals surface area contributed by atoms with Gasteiger partial charge in [-0.25, -0.2) is 15.0 Å². The molecule has 2 N–H and O–H groups in total. The molecule has 5 heteroatoms. The van der Waals surface area contributed by atoms with Crippen molar-refractivity contribution in [2.45, 2.75) is 39.2 Å². The second-order valence-corrected chi connectivity index (χ2v) is 5.34. The second-order valence-electron chi connectivity index (χ2n) is 4.40. The molecule has 0 aliphatic rings. The average Bonchev–Trinajstić information content (AvgIpc) is 2.75. The highest BCUT2D eigenvalue weighted by Gasteiger charge is 2.07. The first-order valence-corrected chi connectivity index (χ1v) is 7.02. The molecule has 2 rings (SSSR count). The Kier molecular flexibility index (Phi) is 4.38. The number of hydrogen-bond donors (Lipinski definition) is 1. The van der Waals surface area contributed by atoms with Gasteiger partial charge in [-0.2, -0.15) is 0 Å². The molecule has 0 radical (unpaired) electrons. The van der Waals surface area contributed by atoms with Gasteiger partial charge in [0.15, 0.2) is 0 Å². The molecule has 2 aromatic rings. The fourth-order valence-corrected chi connectivity index (χ4v) is 2.44. The standard InChI is InChI=1S/C13H18N4S/c1-3-10(14)6-11-4-5-15-12(17-11)7-13-16-9(2)8-18-13/h4-5,8,10H,3,6-7,14H2,1-2H3. The fourth-order valence-electron chi connectivity index (χ4n) is 1.67. The predicted octanol–water partition coefficient (Wildman–Crippen LogP) is 2.11. The summed E-state index contributed by atoms with van der Waals surface area (Å²) in [5.74, 6) is 0.824. The van der Waals surface area contributed by atoms with Gasteiger partial charge < -0.3 is 5.73 Å². The highest BCUT2D eigenvalue weighted by Crippen LogP contribution is 2.12. The van der Waals surface area contributed by atoms with E-state index in [4.69, 9.17) is 5.73 Å². The Morgan fingerprint density at radius 2 is 2.22 bits per heavy atom. The molecular formula is C13H18N4S. The van der Waals surface area contributed by atoms with Crippen molar-refractivity contribution in [2.24, 2.45) is 5.73 Å². The molecule has 0 fully saturated rings. The molecular weight excluding hydrogens is 244 g/mol. The van der Waals surface area contributed by atoms with E-state index >= 15 is 0 Å². The van der Waals surface area contributed by atoms with E-state index in [1.807, 2.05) is 18.4 Å². The van der Waals surface area contributed by atoms with E-state index in [0.717, 1.165) is 35.1 Å². The van der Waals surface area contributed by atoms with Gasteiger partial charge in [-0.3, -0.25) is 0 Å². The van der Waals surface area contributed by atoms with E-state index < -0.39 is 0 Å². The lowest BCUT2D eigenvalue weighted by Gasteiger charge is -2.08. The van der Waals surface area contributed by atoms with Crippen LogP contribution in [0.5, 0.6) is 0 Å². The van der Waals surface area contributed by atoms with Gasteiger partial charge >= 0.3 is 0 Å². The van der Waals surface area contributed by atoms with E-state index in [-0.39, 0.29) is 6.04 Å². The highest BCUT2D eigenvalue weighted by atomic mass is 32.1. The van der Waals surface area contributed by atoms with Gasteiger partial charge in [0.05, 0.1) is 6.42 Å². The zero-order valence-electron chi connectivity index (χ0n) is 10.8. The van der Waals surface area contributed by atoms with Gasteiger partial charge in [-0.1, -0.05) is 6.92 Å². The maximum Gasteiger partial charge on any atom is 0.135 e. The zero-order chi connectivity index (χ0) is 13.0. The predicted molar refractivity (Wildman–Crippen MR) is 73.7 cm³/mol. The fraction of sp³-hybridized carbons (Fsp3) is 0.462. The Labute approximate surface area is 111 Å². The van der Waals surface area contributed by atoms with Crippen molar-refractivity contribution in [1.82, 2.24) is 15.0 Å². The Morgan fingerprint density at radius 3 is 2.89 bits per heavy atom. The maximum atomic E-state index is 5.94. The van der Waals surface area contributed by atoms with Gasteiger partial charge in [-0.15, -0.1) is 11.3 Å². The molecule has 0 saturated carbocycles. The Hall–Kier alpha value is -1.33. The smallest absolute Gasteiger partial charge is 0.135 e. The molecule has 0 bridgehead atoms. The normalized spacial score (nSPS) is 12.6. The third-order valence-corrected chi connectivity index (χ3v) is 3.70. The molecule has 0 spiro atoms. The van der Waals surface area contributed by atoms with Crippen molar-refractivity contribution in [3.8, 4) is 0 Å². The molecule has 0 aliphatic carbocycles. The van der Waals surface area contributed by atoms with Crippen LogP contribution in [-0.2, 0) is 12.8 Å². The summed E-state index contributed by atoms with van der Waals surface area (Å²) in [6.07, 6.45) is 4.28. The molecule has 1 atom stereocenters. The number of aryl methyl sites for hydroxylation is 1. The SMILES string of the molecule is CCC(N)Cc1ccnc(Cc2nc(C)cs2)n1. The summed E-state index contributed by atoms with van der Waals surface area (Å²) in [7, 11) is 0. The second kappa shape index (κ2) is 6.02. The Morgan fingerprint density at radius 1 is 1.39 bits per heavy atom. The highest BCUT2D eigenvalue weighted by molar-refractivity contribution is 7.09. The van der Waals surface area contributed by atoms with Crippen LogP contribution < -0.4 is 5.73 Å². The number of aromatic nitrogens is 3. The summed E-state index contributed by atoms with van der Waals surface area (Å²) < 4.78 is 0. The van der Waals surface area contributed by atoms with Crippen molar-refractivity contribution in [1.29, 1.82) is 0 Å². The lowest BCUT2D eigenvalue weighted by atomic mass is 10.1. The first-order valence-electron chi connectivity index (χ1n) is 6.14. The number of thiazole rings is 1. The maximum absolute atomic E-state index is 5.94. The molecule has 0 amide bonds. The van der Waals surface area contributed by atoms with E-state index in [0.29, 0.717) is 6.42 Å². The van der Waals surface area contributed by atoms with Crippen LogP contribution in [0.25, 0.3) is 0 Å². The third-order valence-electron chi connectivity index (χ3n) is 2.73. The van der Waals surface area contributed by atoms with E-state index in [1.165, 1.54) is 0 Å². The van der Waals surface area contributed by atoms with Crippen LogP contribution in [0.3, 0.4) is 0 Å². The summed E-state index contributed by atoms with van der Waals surface area (Å²) in [4.78, 5) is 13.3. The number of nitrogens with zero attached hydrogens (tertiary/aromatic N) is 3. The number of hydrogen-bond acceptors (Lipinski definition) is 5. The van der Waals surface area contributed by atoms with Crippen molar-refractivity contribution in [2.75, 3.05) is 0 Å². The van der Waals surface area contributed by atoms with E-state index in [1.54, 1.807) is 17.5 Å². The molecule has 1 unspecified atom stereocenters. The van der Waals surface area contributed by atoms with Crippen molar-refractivity contribution in [3.05, 3.63) is 39.9 Å². The van der Waals surface area contributed by atoms with Crippen LogP contribution in [0, 0.1) is 6.92 Å². The summed E-state index contributed by atoms with van der Waals surface area (Å²) in [6.45, 7) is 4.09.